The van der Waals surface area contributed by atoms with Gasteiger partial charge in [-0.05, 0) is 0 Å². The summed E-state index contributed by atoms with van der Waals surface area (Å²) in [6.07, 6.45) is 4.12. The second kappa shape index (κ2) is 12.2. The van der Waals surface area contributed by atoms with Crippen molar-refractivity contribution < 1.29 is 31.0 Å². The molecule has 0 aromatic heterocycles. The van der Waals surface area contributed by atoms with E-state index in [-0.39, 0.29) is 21.4 Å². The third-order valence-corrected chi connectivity index (χ3v) is 7.34. The molecule has 0 fully saturated rings. The van der Waals surface area contributed by atoms with Crippen LogP contribution in [0.4, 0.5) is 0 Å². The Morgan fingerprint density at radius 2 is 2.15 bits per heavy atom. The van der Waals surface area contributed by atoms with E-state index in [1.807, 2.05) is 9.19 Å². The Morgan fingerprint density at radius 1 is 1.44 bits per heavy atom. The van der Waals surface area contributed by atoms with Gasteiger partial charge in [0, 0.05) is 0 Å². The van der Waals surface area contributed by atoms with Crippen molar-refractivity contribution in [1.29, 1.82) is 0 Å². The Labute approximate surface area is 176 Å². The Morgan fingerprint density at radius 3 is 2.70 bits per heavy atom. The van der Waals surface area contributed by atoms with E-state index in [0.717, 1.165) is 25.3 Å². The molecule has 158 valence electrons. The minimum atomic E-state index is -0.541. The molecule has 27 heavy (non-hydrogen) atoms. The molecule has 3 N–H and O–H groups in total. The first-order valence-corrected chi connectivity index (χ1v) is 11.8. The van der Waals surface area contributed by atoms with Crippen LogP contribution in [0.3, 0.4) is 0 Å². The summed E-state index contributed by atoms with van der Waals surface area (Å²) in [5.74, 6) is 0.724. The average molecular weight is 493 g/mol. The van der Waals surface area contributed by atoms with E-state index >= 15 is 0 Å². The second-order valence-electron chi connectivity index (χ2n) is 7.74. The van der Waals surface area contributed by atoms with Crippen LogP contribution in [0, 0.1) is 5.92 Å². The topological polar surface area (TPSA) is 65.6 Å². The molecule has 0 radical (unpaired) electrons. The number of hydrogen-bond donors (Lipinski definition) is 3. The summed E-state index contributed by atoms with van der Waals surface area (Å²) in [4.78, 5) is 13.0. The van der Waals surface area contributed by atoms with Gasteiger partial charge in [-0.15, -0.1) is 0 Å². The number of rotatable bonds is 15. The van der Waals surface area contributed by atoms with Crippen molar-refractivity contribution in [3.05, 3.63) is 24.4 Å². The van der Waals surface area contributed by atoms with Crippen LogP contribution in [0.15, 0.2) is 24.4 Å². The molecule has 1 rings (SSSR count). The third kappa shape index (κ3) is 9.51. The summed E-state index contributed by atoms with van der Waals surface area (Å²) in [7, 11) is 1.69. The normalized spacial score (nSPS) is 17.7. The van der Waals surface area contributed by atoms with Gasteiger partial charge in [-0.25, -0.2) is 0 Å². The van der Waals surface area contributed by atoms with E-state index in [4.69, 9.17) is 4.74 Å². The average Bonchev–Trinajstić information content (AvgIpc) is 3.39. The molecule has 2 atom stereocenters. The molecule has 0 bridgehead atoms. The molecule has 0 aliphatic heterocycles. The molecule has 0 aromatic carbocycles. The van der Waals surface area contributed by atoms with Gasteiger partial charge in [0.1, 0.15) is 0 Å². The fraction of sp³-hybridized carbons (Fsp3) is 0.750. The van der Waals surface area contributed by atoms with Crippen molar-refractivity contribution >= 4 is 5.91 Å². The molecule has 0 unspecified atom stereocenters. The number of halogens is 1. The van der Waals surface area contributed by atoms with Crippen molar-refractivity contribution in [2.24, 2.45) is 5.92 Å². The number of alkyl halides is 1. The summed E-state index contributed by atoms with van der Waals surface area (Å²) in [6.45, 7) is 18.2. The van der Waals surface area contributed by atoms with Crippen molar-refractivity contribution in [2.45, 2.75) is 50.1 Å². The monoisotopic (exact) mass is 493 g/mol. The van der Waals surface area contributed by atoms with E-state index < -0.39 is 21.5 Å². The van der Waals surface area contributed by atoms with Crippen LogP contribution < -0.4 is 37.4 Å². The van der Waals surface area contributed by atoms with Gasteiger partial charge in [0.25, 0.3) is 0 Å². The van der Waals surface area contributed by atoms with E-state index in [1.165, 1.54) is 0 Å². The van der Waals surface area contributed by atoms with Crippen LogP contribution in [0.1, 0.15) is 34.6 Å². The molecule has 6 nitrogen and oxygen atoms in total. The van der Waals surface area contributed by atoms with Gasteiger partial charge < -0.3 is 0 Å². The standard InChI is InChI=1S/C20H38IN4O2/c1-8-20(5,6)21-25(18-10-17(18)24-11-15(3)4)19(26)13-23-16(14-27-7)12-22-9-2/h8,10,15-17,22-24H,1,9,11-14H2,2-7H3/q-1/t16-,17-/m1/s1. The number of likely N-dealkylation sites (N-methyl/N-ethyl adjacent to an activating group) is 1. The van der Waals surface area contributed by atoms with Gasteiger partial charge in [-0.3, -0.25) is 0 Å². The number of ether oxygens (including phenoxy) is 1. The van der Waals surface area contributed by atoms with Crippen LogP contribution in [0.5, 0.6) is 0 Å². The van der Waals surface area contributed by atoms with Crippen molar-refractivity contribution in [3.63, 3.8) is 0 Å². The van der Waals surface area contributed by atoms with E-state index in [2.05, 4.69) is 63.2 Å². The molecule has 0 saturated carbocycles. The molecule has 1 aliphatic carbocycles. The number of nitrogens with one attached hydrogen (secondary N) is 3. The van der Waals surface area contributed by atoms with Gasteiger partial charge in [0.2, 0.25) is 0 Å². The Bertz CT molecular complexity index is 508. The zero-order valence-electron chi connectivity index (χ0n) is 17.8. The number of carbonyl (C=O) groups excluding carboxylic acids is 1. The van der Waals surface area contributed by atoms with Crippen LogP contribution in [-0.4, -0.2) is 64.4 Å². The van der Waals surface area contributed by atoms with Gasteiger partial charge >= 0.3 is 176 Å². The predicted molar refractivity (Wildman–Crippen MR) is 108 cm³/mol. The van der Waals surface area contributed by atoms with Gasteiger partial charge in [0.15, 0.2) is 0 Å². The Balaban J connectivity index is 2.67. The molecule has 7 heteroatoms. The number of carbonyl (C=O) groups is 1. The van der Waals surface area contributed by atoms with Crippen LogP contribution in [0.25, 0.3) is 0 Å². The van der Waals surface area contributed by atoms with Gasteiger partial charge in [-0.1, -0.05) is 0 Å². The third-order valence-electron chi connectivity index (χ3n) is 4.08. The number of hydrogen-bond acceptors (Lipinski definition) is 5. The van der Waals surface area contributed by atoms with Gasteiger partial charge in [0.05, 0.1) is 0 Å². The predicted octanol–water partition coefficient (Wildman–Crippen LogP) is -1.49. The first-order valence-electron chi connectivity index (χ1n) is 9.75. The van der Waals surface area contributed by atoms with Crippen LogP contribution >= 0.6 is 0 Å². The fourth-order valence-electron chi connectivity index (χ4n) is 2.34. The molecule has 0 aromatic rings. The first-order chi connectivity index (χ1) is 12.7. The molecule has 0 heterocycles. The maximum atomic E-state index is 13.0. The Kier molecular flexibility index (Phi) is 11.1. The summed E-state index contributed by atoms with van der Waals surface area (Å²) in [6, 6.07) is 0.350. The van der Waals surface area contributed by atoms with E-state index in [9.17, 15) is 4.79 Å². The number of amides is 1. The van der Waals surface area contributed by atoms with Crippen molar-refractivity contribution in [2.75, 3.05) is 39.9 Å². The van der Waals surface area contributed by atoms with Crippen LogP contribution in [-0.2, 0) is 9.53 Å². The first kappa shape index (κ1) is 24.6. The maximum absolute atomic E-state index is 13.0. The molecule has 1 amide bonds. The molecular weight excluding hydrogens is 455 g/mol. The summed E-state index contributed by atoms with van der Waals surface area (Å²) >= 11 is -0.541. The summed E-state index contributed by atoms with van der Waals surface area (Å²) < 4.78 is 7.25. The van der Waals surface area contributed by atoms with Crippen molar-refractivity contribution in [3.8, 4) is 0 Å². The van der Waals surface area contributed by atoms with Crippen LogP contribution in [0.2, 0.25) is 0 Å². The zero-order chi connectivity index (χ0) is 20.4. The van der Waals surface area contributed by atoms with Gasteiger partial charge in [-0.2, -0.15) is 0 Å². The number of allylic oxidation sites excluding steroid dienone is 1. The summed E-state index contributed by atoms with van der Waals surface area (Å²) in [5, 5.41) is 10.2. The zero-order valence-corrected chi connectivity index (χ0v) is 19.9. The number of nitrogens with zero attached hydrogens (tertiary/aromatic N) is 1. The second-order valence-corrected chi connectivity index (χ2v) is 12.0. The SMILES string of the molecule is C=CC(C)(C)[I-]N(C(=O)CN[C@H](CNCC)COC)C1=C[C@H]1NCC(C)C. The minimum absolute atomic E-state index is 0.0315. The molecule has 1 aliphatic rings. The quantitative estimate of drug-likeness (QED) is 0.112. The fourth-order valence-corrected chi connectivity index (χ4v) is 4.96. The molecular formula is C20H38IN4O2-. The Hall–Kier alpha value is -0.480. The van der Waals surface area contributed by atoms with E-state index in [0.29, 0.717) is 19.1 Å². The summed E-state index contributed by atoms with van der Waals surface area (Å²) in [5.41, 5.74) is 1.13. The molecule has 0 saturated heterocycles. The van der Waals surface area contributed by atoms with E-state index in [1.54, 1.807) is 7.11 Å². The molecule has 0 spiro atoms. The van der Waals surface area contributed by atoms with Crippen molar-refractivity contribution in [1.82, 2.24) is 19.1 Å². The number of methoxy groups -OCH3 is 1.